The molecule has 2 aromatic carbocycles. The molecular weight excluding hydrogens is 492 g/mol. The van der Waals surface area contributed by atoms with Crippen LogP contribution in [0.3, 0.4) is 0 Å². The normalized spacial score (nSPS) is 14.3. The number of aromatic nitrogens is 3. The SMILES string of the molecule is CCC(C)(C)NC(=O)c1ccc(Oc2ccc(N(c3ncnc4cnccc34)N3CCOCC3)cc2C)cc1. The molecule has 0 aliphatic carbocycles. The second-order valence-corrected chi connectivity index (χ2v) is 10.2. The topological polar surface area (TPSA) is 92.7 Å². The lowest BCUT2D eigenvalue weighted by Crippen LogP contribution is -2.47. The van der Waals surface area contributed by atoms with Gasteiger partial charge in [-0.15, -0.1) is 0 Å². The number of amides is 1. The number of pyridine rings is 1. The second kappa shape index (κ2) is 11.3. The average Bonchev–Trinajstić information content (AvgIpc) is 2.95. The Labute approximate surface area is 228 Å². The zero-order valence-electron chi connectivity index (χ0n) is 22.8. The summed E-state index contributed by atoms with van der Waals surface area (Å²) in [6, 6.07) is 15.2. The lowest BCUT2D eigenvalue weighted by atomic mass is 10.0. The zero-order chi connectivity index (χ0) is 27.4. The van der Waals surface area contributed by atoms with Crippen molar-refractivity contribution in [1.82, 2.24) is 25.3 Å². The van der Waals surface area contributed by atoms with E-state index in [0.717, 1.165) is 53.2 Å². The number of benzene rings is 2. The van der Waals surface area contributed by atoms with Crippen LogP contribution in [0.4, 0.5) is 11.5 Å². The van der Waals surface area contributed by atoms with Gasteiger partial charge in [0.15, 0.2) is 5.82 Å². The van der Waals surface area contributed by atoms with Gasteiger partial charge in [-0.25, -0.2) is 15.0 Å². The molecule has 1 N–H and O–H groups in total. The van der Waals surface area contributed by atoms with Gasteiger partial charge in [0.25, 0.3) is 5.91 Å². The van der Waals surface area contributed by atoms with E-state index in [0.29, 0.717) is 24.5 Å². The van der Waals surface area contributed by atoms with Gasteiger partial charge < -0.3 is 14.8 Å². The van der Waals surface area contributed by atoms with Crippen LogP contribution in [0.5, 0.6) is 11.5 Å². The summed E-state index contributed by atoms with van der Waals surface area (Å²) in [5.41, 5.74) is 3.06. The van der Waals surface area contributed by atoms with E-state index in [1.165, 1.54) is 0 Å². The minimum absolute atomic E-state index is 0.0924. The van der Waals surface area contributed by atoms with Crippen molar-refractivity contribution >= 4 is 28.3 Å². The van der Waals surface area contributed by atoms with Crippen LogP contribution < -0.4 is 15.1 Å². The number of hydrogen-bond acceptors (Lipinski definition) is 8. The van der Waals surface area contributed by atoms with E-state index in [9.17, 15) is 4.79 Å². The second-order valence-electron chi connectivity index (χ2n) is 10.2. The number of carbonyl (C=O) groups excluding carboxylic acids is 1. The molecule has 3 heterocycles. The highest BCUT2D eigenvalue weighted by molar-refractivity contribution is 5.94. The van der Waals surface area contributed by atoms with Crippen molar-refractivity contribution in [2.45, 2.75) is 39.7 Å². The fourth-order valence-electron chi connectivity index (χ4n) is 4.38. The van der Waals surface area contributed by atoms with Gasteiger partial charge in [-0.2, -0.15) is 0 Å². The minimum Gasteiger partial charge on any atom is -0.457 e. The zero-order valence-corrected chi connectivity index (χ0v) is 22.8. The van der Waals surface area contributed by atoms with Crippen molar-refractivity contribution < 1.29 is 14.3 Å². The van der Waals surface area contributed by atoms with Crippen LogP contribution in [0.1, 0.15) is 43.1 Å². The number of hydrazine groups is 1. The van der Waals surface area contributed by atoms with E-state index in [4.69, 9.17) is 9.47 Å². The Bertz CT molecular complexity index is 1450. The van der Waals surface area contributed by atoms with E-state index in [2.05, 4.69) is 43.3 Å². The Balaban J connectivity index is 1.40. The molecule has 0 radical (unpaired) electrons. The highest BCUT2D eigenvalue weighted by Crippen LogP contribution is 2.35. The largest absolute Gasteiger partial charge is 0.457 e. The Hall–Kier alpha value is -4.08. The Kier molecular flexibility index (Phi) is 7.72. The molecule has 1 amide bonds. The summed E-state index contributed by atoms with van der Waals surface area (Å²) in [6.45, 7) is 10.9. The molecule has 9 nitrogen and oxygen atoms in total. The summed E-state index contributed by atoms with van der Waals surface area (Å²) < 4.78 is 11.8. The quantitative estimate of drug-likeness (QED) is 0.325. The van der Waals surface area contributed by atoms with Gasteiger partial charge in [-0.3, -0.25) is 14.8 Å². The van der Waals surface area contributed by atoms with Crippen LogP contribution >= 0.6 is 0 Å². The van der Waals surface area contributed by atoms with E-state index < -0.39 is 0 Å². The molecule has 9 heteroatoms. The van der Waals surface area contributed by atoms with E-state index >= 15 is 0 Å². The number of rotatable bonds is 8. The number of carbonyl (C=O) groups is 1. The number of hydrogen-bond donors (Lipinski definition) is 1. The molecule has 39 heavy (non-hydrogen) atoms. The summed E-state index contributed by atoms with van der Waals surface area (Å²) in [4.78, 5) is 25.9. The molecule has 1 aliphatic rings. The third-order valence-corrected chi connectivity index (χ3v) is 6.97. The van der Waals surface area contributed by atoms with Gasteiger partial charge in [0.05, 0.1) is 30.6 Å². The van der Waals surface area contributed by atoms with Gasteiger partial charge in [0.2, 0.25) is 0 Å². The Morgan fingerprint density at radius 2 is 1.87 bits per heavy atom. The maximum Gasteiger partial charge on any atom is 0.251 e. The first-order valence-corrected chi connectivity index (χ1v) is 13.2. The first-order chi connectivity index (χ1) is 18.8. The van der Waals surface area contributed by atoms with Crippen LogP contribution in [0.2, 0.25) is 0 Å². The first-order valence-electron chi connectivity index (χ1n) is 13.2. The third-order valence-electron chi connectivity index (χ3n) is 6.97. The van der Waals surface area contributed by atoms with Gasteiger partial charge in [-0.1, -0.05) is 6.92 Å². The van der Waals surface area contributed by atoms with E-state index in [1.54, 1.807) is 30.9 Å². The molecule has 202 valence electrons. The van der Waals surface area contributed by atoms with Crippen molar-refractivity contribution in [3.8, 4) is 11.5 Å². The number of ether oxygens (including phenoxy) is 2. The number of anilines is 2. The molecule has 4 aromatic rings. The summed E-state index contributed by atoms with van der Waals surface area (Å²) in [6.07, 6.45) is 5.93. The number of nitrogens with one attached hydrogen (secondary N) is 1. The monoisotopic (exact) mass is 526 g/mol. The van der Waals surface area contributed by atoms with Crippen molar-refractivity contribution in [3.63, 3.8) is 0 Å². The molecule has 1 fully saturated rings. The molecule has 1 saturated heterocycles. The average molecular weight is 527 g/mol. The molecule has 0 bridgehead atoms. The lowest BCUT2D eigenvalue weighted by molar-refractivity contribution is 0.0376. The fraction of sp³-hybridized carbons (Fsp3) is 0.333. The van der Waals surface area contributed by atoms with Crippen LogP contribution in [-0.2, 0) is 4.74 Å². The van der Waals surface area contributed by atoms with Crippen molar-refractivity contribution in [1.29, 1.82) is 0 Å². The highest BCUT2D eigenvalue weighted by atomic mass is 16.5. The predicted molar refractivity (Wildman–Crippen MR) is 151 cm³/mol. The van der Waals surface area contributed by atoms with Crippen LogP contribution in [-0.4, -0.2) is 57.7 Å². The minimum atomic E-state index is -0.255. The Morgan fingerprint density at radius 1 is 1.10 bits per heavy atom. The summed E-state index contributed by atoms with van der Waals surface area (Å²) in [5.74, 6) is 2.10. The number of aryl methyl sites for hydroxylation is 1. The third kappa shape index (κ3) is 6.00. The number of morpholine rings is 1. The standard InChI is InChI=1S/C30H34N6O3/c1-5-30(3,4)34-29(37)22-6-9-24(10-7-22)39-27-11-8-23(18-21(27)2)36(35-14-16-38-17-15-35)28-25-12-13-31-19-26(25)32-20-33-28/h6-13,18-20H,5,14-17H2,1-4H3,(H,34,37). The summed E-state index contributed by atoms with van der Waals surface area (Å²) >= 11 is 0. The maximum atomic E-state index is 12.6. The lowest BCUT2D eigenvalue weighted by Gasteiger charge is -2.38. The van der Waals surface area contributed by atoms with Gasteiger partial charge >= 0.3 is 0 Å². The molecular formula is C30H34N6O3. The number of fused-ring (bicyclic) bond motifs is 1. The van der Waals surface area contributed by atoms with E-state index in [-0.39, 0.29) is 11.4 Å². The van der Waals surface area contributed by atoms with Gasteiger partial charge in [0.1, 0.15) is 17.8 Å². The van der Waals surface area contributed by atoms with E-state index in [1.807, 2.05) is 51.1 Å². The van der Waals surface area contributed by atoms with Crippen LogP contribution in [0, 0.1) is 6.92 Å². The van der Waals surface area contributed by atoms with Gasteiger partial charge in [-0.05, 0) is 81.3 Å². The first kappa shape index (κ1) is 26.5. The van der Waals surface area contributed by atoms with Gasteiger partial charge in [0, 0.05) is 35.8 Å². The number of nitrogens with zero attached hydrogens (tertiary/aromatic N) is 5. The molecule has 1 aliphatic heterocycles. The molecule has 0 unspecified atom stereocenters. The van der Waals surface area contributed by atoms with Crippen molar-refractivity contribution in [3.05, 3.63) is 78.4 Å². The Morgan fingerprint density at radius 3 is 2.59 bits per heavy atom. The van der Waals surface area contributed by atoms with Crippen LogP contribution in [0.15, 0.2) is 67.3 Å². The van der Waals surface area contributed by atoms with Crippen LogP contribution in [0.25, 0.3) is 10.9 Å². The van der Waals surface area contributed by atoms with Crippen molar-refractivity contribution in [2.24, 2.45) is 0 Å². The molecule has 0 spiro atoms. The van der Waals surface area contributed by atoms with Crippen molar-refractivity contribution in [2.75, 3.05) is 31.3 Å². The molecule has 2 aromatic heterocycles. The molecule has 0 atom stereocenters. The molecule has 0 saturated carbocycles. The summed E-state index contributed by atoms with van der Waals surface area (Å²) in [5, 5.41) is 8.35. The smallest absolute Gasteiger partial charge is 0.251 e. The fourth-order valence-corrected chi connectivity index (χ4v) is 4.38. The summed E-state index contributed by atoms with van der Waals surface area (Å²) in [7, 11) is 0. The molecule has 5 rings (SSSR count). The predicted octanol–water partition coefficient (Wildman–Crippen LogP) is 5.43. The highest BCUT2D eigenvalue weighted by Gasteiger charge is 2.25. The maximum absolute atomic E-state index is 12.6.